The summed E-state index contributed by atoms with van der Waals surface area (Å²) in [7, 11) is -0.819. The van der Waals surface area contributed by atoms with Crippen molar-refractivity contribution in [3.63, 3.8) is 0 Å². The van der Waals surface area contributed by atoms with Gasteiger partial charge in [0.2, 0.25) is 0 Å². The molecule has 0 spiro atoms. The van der Waals surface area contributed by atoms with Crippen LogP contribution in [0.3, 0.4) is 0 Å². The molecule has 0 fully saturated rings. The molecule has 8 heteroatoms. The van der Waals surface area contributed by atoms with Gasteiger partial charge < -0.3 is 14.2 Å². The van der Waals surface area contributed by atoms with Crippen molar-refractivity contribution >= 4 is 25.5 Å². The normalized spacial score (nSPS) is 10.9. The first-order valence-electron chi connectivity index (χ1n) is 13.5. The van der Waals surface area contributed by atoms with Gasteiger partial charge in [-0.1, -0.05) is 91.9 Å². The number of aromatic amines is 1. The second-order valence-corrected chi connectivity index (χ2v) is 16.6. The Bertz CT molecular complexity index is 1340. The minimum atomic E-state index is -0.819. The highest BCUT2D eigenvalue weighted by Crippen LogP contribution is 2.40. The molecule has 0 aliphatic rings. The molecule has 6 nitrogen and oxygen atoms in total. The summed E-state index contributed by atoms with van der Waals surface area (Å²) in [6.45, 7) is 13.2. The SMILES string of the molecule is CC(=O)c1cn[nH]c1-c1cc(Cl)c(OCc2ccccc2)cc1OCc1ccccc1.CCOCC[Si](C)(C)C. The van der Waals surface area contributed by atoms with E-state index in [1.54, 1.807) is 12.1 Å². The molecule has 0 amide bonds. The van der Waals surface area contributed by atoms with E-state index in [1.807, 2.05) is 67.6 Å². The summed E-state index contributed by atoms with van der Waals surface area (Å²) in [5, 5.41) is 7.35. The Morgan fingerprint density at radius 3 is 2.00 bits per heavy atom. The van der Waals surface area contributed by atoms with Gasteiger partial charge in [0.15, 0.2) is 5.78 Å². The van der Waals surface area contributed by atoms with E-state index in [2.05, 4.69) is 29.8 Å². The third-order valence-electron chi connectivity index (χ3n) is 6.00. The zero-order chi connectivity index (χ0) is 29.0. The number of carbonyl (C=O) groups excluding carboxylic acids is 1. The predicted molar refractivity (Wildman–Crippen MR) is 165 cm³/mol. The monoisotopic (exact) mass is 578 g/mol. The van der Waals surface area contributed by atoms with Crippen LogP contribution in [0.1, 0.15) is 35.3 Å². The van der Waals surface area contributed by atoms with E-state index in [9.17, 15) is 4.79 Å². The van der Waals surface area contributed by atoms with Crippen molar-refractivity contribution in [3.05, 3.63) is 101 Å². The lowest BCUT2D eigenvalue weighted by molar-refractivity contribution is 0.101. The largest absolute Gasteiger partial charge is 0.488 e. The first-order valence-corrected chi connectivity index (χ1v) is 17.6. The van der Waals surface area contributed by atoms with Crippen molar-refractivity contribution in [3.8, 4) is 22.8 Å². The molecule has 1 heterocycles. The highest BCUT2D eigenvalue weighted by atomic mass is 35.5. The number of hydrogen-bond donors (Lipinski definition) is 1. The minimum absolute atomic E-state index is 0.0988. The highest BCUT2D eigenvalue weighted by Gasteiger charge is 2.19. The van der Waals surface area contributed by atoms with Crippen LogP contribution in [0.25, 0.3) is 11.3 Å². The Hall–Kier alpha value is -3.39. The molecule has 1 aromatic heterocycles. The summed E-state index contributed by atoms with van der Waals surface area (Å²) in [6.07, 6.45) is 1.51. The molecule has 3 aromatic carbocycles. The van der Waals surface area contributed by atoms with Crippen molar-refractivity contribution in [2.45, 2.75) is 52.7 Å². The number of ether oxygens (including phenoxy) is 3. The molecule has 1 N–H and O–H groups in total. The predicted octanol–water partition coefficient (Wildman–Crippen LogP) is 8.45. The summed E-state index contributed by atoms with van der Waals surface area (Å²) >= 11 is 6.53. The van der Waals surface area contributed by atoms with Crippen LogP contribution in [0.5, 0.6) is 11.5 Å². The van der Waals surface area contributed by atoms with Gasteiger partial charge in [-0.3, -0.25) is 9.89 Å². The van der Waals surface area contributed by atoms with Crippen molar-refractivity contribution in [2.24, 2.45) is 0 Å². The maximum Gasteiger partial charge on any atom is 0.163 e. The quantitative estimate of drug-likeness (QED) is 0.104. The zero-order valence-electron chi connectivity index (χ0n) is 24.0. The van der Waals surface area contributed by atoms with Crippen molar-refractivity contribution in [2.75, 3.05) is 13.2 Å². The van der Waals surface area contributed by atoms with E-state index < -0.39 is 8.07 Å². The fourth-order valence-corrected chi connectivity index (χ4v) is 4.69. The number of ketones is 1. The number of benzene rings is 3. The lowest BCUT2D eigenvalue weighted by Gasteiger charge is -2.16. The molecule has 4 rings (SSSR count). The number of halogens is 1. The maximum absolute atomic E-state index is 12.0. The van der Waals surface area contributed by atoms with Crippen LogP contribution in [-0.2, 0) is 18.0 Å². The third-order valence-corrected chi connectivity index (χ3v) is 8.00. The van der Waals surface area contributed by atoms with Gasteiger partial charge in [-0.2, -0.15) is 5.10 Å². The third kappa shape index (κ3) is 9.97. The van der Waals surface area contributed by atoms with E-state index in [0.717, 1.165) is 24.3 Å². The van der Waals surface area contributed by atoms with Gasteiger partial charge in [-0.15, -0.1) is 0 Å². The van der Waals surface area contributed by atoms with E-state index in [4.69, 9.17) is 25.8 Å². The molecule has 0 saturated carbocycles. The Morgan fingerprint density at radius 1 is 0.900 bits per heavy atom. The average Bonchev–Trinajstić information content (AvgIpc) is 3.43. The molecule has 40 heavy (non-hydrogen) atoms. The van der Waals surface area contributed by atoms with Crippen LogP contribution in [0.4, 0.5) is 0 Å². The Kier molecular flexibility index (Phi) is 12.0. The van der Waals surface area contributed by atoms with Crippen molar-refractivity contribution in [1.29, 1.82) is 0 Å². The molecular formula is C32H39ClN2O4Si. The zero-order valence-corrected chi connectivity index (χ0v) is 25.8. The van der Waals surface area contributed by atoms with E-state index >= 15 is 0 Å². The lowest BCUT2D eigenvalue weighted by atomic mass is 10.0. The van der Waals surface area contributed by atoms with Crippen molar-refractivity contribution in [1.82, 2.24) is 10.2 Å². The second-order valence-electron chi connectivity index (χ2n) is 10.5. The molecule has 0 unspecified atom stereocenters. The number of Topliss-reactive ketones (excluding diaryl/α,β-unsaturated/α-hetero) is 1. The number of H-pyrrole nitrogens is 1. The molecule has 0 atom stereocenters. The molecule has 0 saturated heterocycles. The number of aromatic nitrogens is 2. The second kappa shape index (κ2) is 15.4. The standard InChI is InChI=1S/C25H21ClN2O3.C7H18OSi/c1-17(29)21-14-27-28-25(21)20-12-22(26)24(31-16-19-10-6-3-7-11-19)13-23(20)30-15-18-8-4-2-5-9-18;1-5-8-6-7-9(2,3)4/h2-14H,15-16H2,1H3,(H,27,28);5-7H2,1-4H3. The van der Waals surface area contributed by atoms with Gasteiger partial charge in [0.1, 0.15) is 24.7 Å². The average molecular weight is 579 g/mol. The van der Waals surface area contributed by atoms with Gasteiger partial charge in [0.25, 0.3) is 0 Å². The molecule has 0 aliphatic carbocycles. The Balaban J connectivity index is 0.000000424. The summed E-state index contributed by atoms with van der Waals surface area (Å²) in [5.74, 6) is 0.947. The van der Waals surface area contributed by atoms with Crippen LogP contribution in [-0.4, -0.2) is 37.3 Å². The molecule has 4 aromatic rings. The Morgan fingerprint density at radius 2 is 1.48 bits per heavy atom. The highest BCUT2D eigenvalue weighted by molar-refractivity contribution is 6.76. The molecule has 0 radical (unpaired) electrons. The van der Waals surface area contributed by atoms with Gasteiger partial charge >= 0.3 is 0 Å². The van der Waals surface area contributed by atoms with Crippen LogP contribution in [0.2, 0.25) is 30.7 Å². The van der Waals surface area contributed by atoms with Crippen LogP contribution in [0.15, 0.2) is 79.0 Å². The van der Waals surface area contributed by atoms with E-state index in [-0.39, 0.29) is 5.78 Å². The lowest BCUT2D eigenvalue weighted by Crippen LogP contribution is -2.21. The van der Waals surface area contributed by atoms with Gasteiger partial charge in [-0.05, 0) is 37.1 Å². The van der Waals surface area contributed by atoms with Gasteiger partial charge in [0, 0.05) is 32.9 Å². The number of hydrogen-bond acceptors (Lipinski definition) is 5. The van der Waals surface area contributed by atoms with Gasteiger partial charge in [0.05, 0.1) is 22.5 Å². The van der Waals surface area contributed by atoms with Crippen molar-refractivity contribution < 1.29 is 19.0 Å². The number of nitrogens with zero attached hydrogens (tertiary/aromatic N) is 1. The first kappa shape index (κ1) is 31.1. The molecule has 0 bridgehead atoms. The topological polar surface area (TPSA) is 73.4 Å². The maximum atomic E-state index is 12.0. The number of rotatable bonds is 12. The summed E-state index contributed by atoms with van der Waals surface area (Å²) in [6, 6.07) is 24.5. The Labute approximate surface area is 243 Å². The van der Waals surface area contributed by atoms with E-state index in [0.29, 0.717) is 46.6 Å². The molecule has 0 aliphatic heterocycles. The number of nitrogens with one attached hydrogen (secondary N) is 1. The van der Waals surface area contributed by atoms with Crippen LogP contribution >= 0.6 is 11.6 Å². The first-order chi connectivity index (χ1) is 19.2. The molecule has 212 valence electrons. The summed E-state index contributed by atoms with van der Waals surface area (Å²) in [5.41, 5.74) is 3.73. The fourth-order valence-electron chi connectivity index (χ4n) is 3.71. The number of carbonyl (C=O) groups is 1. The van der Waals surface area contributed by atoms with Crippen LogP contribution < -0.4 is 9.47 Å². The fraction of sp³-hybridized carbons (Fsp3) is 0.312. The summed E-state index contributed by atoms with van der Waals surface area (Å²) < 4.78 is 17.3. The molecular weight excluding hydrogens is 540 g/mol. The smallest absolute Gasteiger partial charge is 0.163 e. The minimum Gasteiger partial charge on any atom is -0.488 e. The van der Waals surface area contributed by atoms with E-state index in [1.165, 1.54) is 19.2 Å². The summed E-state index contributed by atoms with van der Waals surface area (Å²) in [4.78, 5) is 12.0. The van der Waals surface area contributed by atoms with Gasteiger partial charge in [-0.25, -0.2) is 0 Å². The van der Waals surface area contributed by atoms with Crippen LogP contribution in [0, 0.1) is 0 Å².